The van der Waals surface area contributed by atoms with Gasteiger partial charge in [0.15, 0.2) is 12.5 Å². The lowest BCUT2D eigenvalue weighted by Crippen LogP contribution is -2.32. The van der Waals surface area contributed by atoms with E-state index in [1.54, 1.807) is 0 Å². The van der Waals surface area contributed by atoms with E-state index in [9.17, 15) is 9.59 Å². The number of aromatic amines is 1. The quantitative estimate of drug-likeness (QED) is 0.618. The van der Waals surface area contributed by atoms with Crippen molar-refractivity contribution in [3.63, 3.8) is 0 Å². The van der Waals surface area contributed by atoms with Crippen LogP contribution >= 0.6 is 0 Å². The predicted molar refractivity (Wildman–Crippen MR) is 48.3 cm³/mol. The number of aliphatic hydroxyl groups is 1. The van der Waals surface area contributed by atoms with Gasteiger partial charge in [0.25, 0.3) is 5.56 Å². The van der Waals surface area contributed by atoms with Gasteiger partial charge < -0.3 is 14.6 Å². The smallest absolute Gasteiger partial charge is 0.330 e. The van der Waals surface area contributed by atoms with Crippen LogP contribution in [0.15, 0.2) is 21.9 Å². The molecule has 0 spiro atoms. The van der Waals surface area contributed by atoms with Gasteiger partial charge in [0.1, 0.15) is 0 Å². The van der Waals surface area contributed by atoms with Crippen LogP contribution in [0.1, 0.15) is 6.23 Å². The highest BCUT2D eigenvalue weighted by Crippen LogP contribution is 2.18. The molecule has 82 valence electrons. The van der Waals surface area contributed by atoms with Crippen molar-refractivity contribution in [2.75, 3.05) is 13.2 Å². The molecular weight excluding hydrogens is 204 g/mol. The second kappa shape index (κ2) is 3.97. The van der Waals surface area contributed by atoms with Gasteiger partial charge in [-0.05, 0) is 0 Å². The number of aromatic nitrogens is 2. The Morgan fingerprint density at radius 1 is 1.60 bits per heavy atom. The zero-order chi connectivity index (χ0) is 10.8. The van der Waals surface area contributed by atoms with Gasteiger partial charge in [-0.2, -0.15) is 0 Å². The molecule has 0 aromatic carbocycles. The van der Waals surface area contributed by atoms with Gasteiger partial charge in [-0.3, -0.25) is 14.3 Å². The molecule has 1 aliphatic heterocycles. The first kappa shape index (κ1) is 10.1. The average Bonchev–Trinajstić information content (AvgIpc) is 2.66. The minimum absolute atomic E-state index is 0.164. The molecule has 1 aromatic rings. The Morgan fingerprint density at radius 3 is 3.00 bits per heavy atom. The van der Waals surface area contributed by atoms with Gasteiger partial charge in [-0.25, -0.2) is 4.79 Å². The topological polar surface area (TPSA) is 93.5 Å². The van der Waals surface area contributed by atoms with Crippen LogP contribution in [-0.4, -0.2) is 34.2 Å². The van der Waals surface area contributed by atoms with Crippen molar-refractivity contribution in [1.82, 2.24) is 9.55 Å². The van der Waals surface area contributed by atoms with Crippen LogP contribution in [0.5, 0.6) is 0 Å². The first-order valence-electron chi connectivity index (χ1n) is 4.40. The lowest BCUT2D eigenvalue weighted by Gasteiger charge is -2.11. The SMILES string of the molecule is O=c1ccn([C@@H]2CO[C@@H](CO)O2)c(=O)[nH]1. The molecule has 2 N–H and O–H groups in total. The normalized spacial score (nSPS) is 25.7. The lowest BCUT2D eigenvalue weighted by atomic mass is 10.5. The summed E-state index contributed by atoms with van der Waals surface area (Å²) in [7, 11) is 0. The molecule has 0 amide bonds. The van der Waals surface area contributed by atoms with Crippen molar-refractivity contribution in [2.24, 2.45) is 0 Å². The monoisotopic (exact) mass is 214 g/mol. The number of rotatable bonds is 2. The van der Waals surface area contributed by atoms with Crippen LogP contribution in [-0.2, 0) is 9.47 Å². The number of hydrogen-bond donors (Lipinski definition) is 2. The summed E-state index contributed by atoms with van der Waals surface area (Å²) in [5.41, 5.74) is -1.02. The number of nitrogens with one attached hydrogen (secondary N) is 1. The fraction of sp³-hybridized carbons (Fsp3) is 0.500. The van der Waals surface area contributed by atoms with Crippen molar-refractivity contribution in [2.45, 2.75) is 12.5 Å². The molecule has 2 rings (SSSR count). The molecule has 0 saturated carbocycles. The number of hydrogen-bond acceptors (Lipinski definition) is 5. The van der Waals surface area contributed by atoms with E-state index in [0.29, 0.717) is 0 Å². The van der Waals surface area contributed by atoms with E-state index in [1.165, 1.54) is 16.8 Å². The third-order valence-corrected chi connectivity index (χ3v) is 2.04. The summed E-state index contributed by atoms with van der Waals surface area (Å²) in [5, 5.41) is 8.75. The van der Waals surface area contributed by atoms with E-state index >= 15 is 0 Å². The zero-order valence-corrected chi connectivity index (χ0v) is 7.75. The minimum atomic E-state index is -0.714. The van der Waals surface area contributed by atoms with E-state index in [2.05, 4.69) is 4.98 Å². The Kier molecular flexibility index (Phi) is 2.67. The van der Waals surface area contributed by atoms with E-state index in [1.807, 2.05) is 0 Å². The molecule has 1 aliphatic rings. The molecule has 1 aromatic heterocycles. The van der Waals surface area contributed by atoms with E-state index in [0.717, 1.165) is 0 Å². The van der Waals surface area contributed by atoms with Gasteiger partial charge in [0.2, 0.25) is 0 Å². The van der Waals surface area contributed by atoms with Crippen LogP contribution in [0.3, 0.4) is 0 Å². The van der Waals surface area contributed by atoms with Gasteiger partial charge in [-0.1, -0.05) is 0 Å². The molecule has 0 aliphatic carbocycles. The highest BCUT2D eigenvalue weighted by Gasteiger charge is 2.27. The molecule has 7 nitrogen and oxygen atoms in total. The Morgan fingerprint density at radius 2 is 2.40 bits per heavy atom. The van der Waals surface area contributed by atoms with Crippen molar-refractivity contribution < 1.29 is 14.6 Å². The summed E-state index contributed by atoms with van der Waals surface area (Å²) in [6.45, 7) is -0.105. The summed E-state index contributed by atoms with van der Waals surface area (Å²) >= 11 is 0. The summed E-state index contributed by atoms with van der Waals surface area (Å²) in [6.07, 6.45) is 0.00918. The molecule has 7 heteroatoms. The van der Waals surface area contributed by atoms with Crippen LogP contribution in [0.2, 0.25) is 0 Å². The van der Waals surface area contributed by atoms with Crippen LogP contribution in [0.25, 0.3) is 0 Å². The Balaban J connectivity index is 2.24. The van der Waals surface area contributed by atoms with Gasteiger partial charge >= 0.3 is 5.69 Å². The maximum Gasteiger partial charge on any atom is 0.330 e. The molecule has 1 saturated heterocycles. The molecular formula is C8H10N2O5. The highest BCUT2D eigenvalue weighted by molar-refractivity contribution is 4.84. The van der Waals surface area contributed by atoms with Gasteiger partial charge in [-0.15, -0.1) is 0 Å². The summed E-state index contributed by atoms with van der Waals surface area (Å²) in [6, 6.07) is 1.22. The molecule has 2 atom stereocenters. The average molecular weight is 214 g/mol. The number of aliphatic hydroxyl groups excluding tert-OH is 1. The minimum Gasteiger partial charge on any atom is -0.391 e. The fourth-order valence-electron chi connectivity index (χ4n) is 1.34. The second-order valence-electron chi connectivity index (χ2n) is 3.05. The standard InChI is InChI=1S/C8H10N2O5/c11-3-7-14-4-6(15-7)10-2-1-5(12)9-8(10)13/h1-2,6-7,11H,3-4H2,(H,9,12,13)/t6-,7+/m0/s1. The number of H-pyrrole nitrogens is 1. The first-order valence-corrected chi connectivity index (χ1v) is 4.40. The summed E-state index contributed by atoms with van der Waals surface area (Å²) < 4.78 is 11.4. The van der Waals surface area contributed by atoms with Crippen molar-refractivity contribution in [1.29, 1.82) is 0 Å². The van der Waals surface area contributed by atoms with Crippen LogP contribution < -0.4 is 11.2 Å². The maximum atomic E-state index is 11.3. The number of nitrogens with zero attached hydrogens (tertiary/aromatic N) is 1. The van der Waals surface area contributed by atoms with Crippen molar-refractivity contribution in [3.05, 3.63) is 33.1 Å². The highest BCUT2D eigenvalue weighted by atomic mass is 16.7. The van der Waals surface area contributed by atoms with Gasteiger partial charge in [0, 0.05) is 12.3 Å². The van der Waals surface area contributed by atoms with Crippen LogP contribution in [0, 0.1) is 0 Å². The first-order chi connectivity index (χ1) is 7.20. The van der Waals surface area contributed by atoms with Crippen LogP contribution in [0.4, 0.5) is 0 Å². The van der Waals surface area contributed by atoms with E-state index in [-0.39, 0.29) is 13.2 Å². The van der Waals surface area contributed by atoms with E-state index < -0.39 is 23.8 Å². The number of ether oxygens (including phenoxy) is 2. The van der Waals surface area contributed by atoms with E-state index in [4.69, 9.17) is 14.6 Å². The summed E-state index contributed by atoms with van der Waals surface area (Å²) in [5.74, 6) is 0. The molecule has 1 fully saturated rings. The zero-order valence-electron chi connectivity index (χ0n) is 7.75. The Bertz CT molecular complexity index is 451. The molecule has 2 heterocycles. The summed E-state index contributed by atoms with van der Waals surface area (Å²) in [4.78, 5) is 24.2. The Hall–Kier alpha value is -1.44. The fourth-order valence-corrected chi connectivity index (χ4v) is 1.34. The maximum absolute atomic E-state index is 11.3. The third kappa shape index (κ3) is 1.99. The van der Waals surface area contributed by atoms with Crippen molar-refractivity contribution in [3.8, 4) is 0 Å². The molecule has 0 bridgehead atoms. The second-order valence-corrected chi connectivity index (χ2v) is 3.05. The molecule has 0 unspecified atom stereocenters. The lowest BCUT2D eigenvalue weighted by molar-refractivity contribution is -0.0992. The third-order valence-electron chi connectivity index (χ3n) is 2.04. The largest absolute Gasteiger partial charge is 0.391 e. The molecule has 0 radical (unpaired) electrons. The Labute approximate surface area is 83.9 Å². The van der Waals surface area contributed by atoms with Gasteiger partial charge in [0.05, 0.1) is 13.2 Å². The van der Waals surface area contributed by atoms with Crippen molar-refractivity contribution >= 4 is 0 Å². The predicted octanol–water partition coefficient (Wildman–Crippen LogP) is -1.60. The molecule has 15 heavy (non-hydrogen) atoms.